The van der Waals surface area contributed by atoms with Crippen molar-refractivity contribution in [1.29, 1.82) is 0 Å². The maximum Gasteiger partial charge on any atom is 0.280 e. The summed E-state index contributed by atoms with van der Waals surface area (Å²) in [5.41, 5.74) is 6.37. The number of aliphatic hydroxyl groups excluding tert-OH is 2. The second kappa shape index (κ2) is 5.28. The summed E-state index contributed by atoms with van der Waals surface area (Å²) in [6.45, 7) is 3.76. The number of fused-ring (bicyclic) bond motifs is 1. The van der Waals surface area contributed by atoms with Crippen molar-refractivity contribution in [1.82, 2.24) is 19.5 Å². The van der Waals surface area contributed by atoms with E-state index in [1.165, 1.54) is 6.33 Å². The summed E-state index contributed by atoms with van der Waals surface area (Å²) in [5, 5.41) is 19.2. The lowest BCUT2D eigenvalue weighted by molar-refractivity contribution is 0.101. The quantitative estimate of drug-likeness (QED) is 0.485. The van der Waals surface area contributed by atoms with Gasteiger partial charge in [0.25, 0.3) is 5.56 Å². The fourth-order valence-corrected chi connectivity index (χ4v) is 2.74. The van der Waals surface area contributed by atoms with Gasteiger partial charge in [0, 0.05) is 5.92 Å². The van der Waals surface area contributed by atoms with E-state index < -0.39 is 11.7 Å². The molecule has 1 saturated carbocycles. The van der Waals surface area contributed by atoms with Gasteiger partial charge < -0.3 is 26.0 Å². The Morgan fingerprint density at radius 2 is 2.29 bits per heavy atom. The number of nitrogens with one attached hydrogen (secondary N) is 1. The Bertz CT molecular complexity index is 737. The molecule has 3 rings (SSSR count). The van der Waals surface area contributed by atoms with Gasteiger partial charge in [0.2, 0.25) is 5.95 Å². The number of aromatic amines is 1. The molecule has 0 amide bonds. The maximum atomic E-state index is 11.7. The molecule has 0 aromatic carbocycles. The van der Waals surface area contributed by atoms with E-state index in [4.69, 9.17) is 5.73 Å². The normalized spacial score (nSPS) is 25.2. The second-order valence-corrected chi connectivity index (χ2v) is 4.96. The summed E-state index contributed by atoms with van der Waals surface area (Å²) < 4.78 is 1.67. The molecule has 114 valence electrons. The standard InChI is InChI=1S/C12H15N5O3.H2O/c1-5-6(3-18)8(19)2-7(5)17-4-14-9-10(17)15-12(13)16-11(9)20;/h4,6-8,18-19H,1-3H2,(H3,13,15,16,20);1H2. The van der Waals surface area contributed by atoms with Gasteiger partial charge in [0.15, 0.2) is 11.2 Å². The second-order valence-electron chi connectivity index (χ2n) is 4.96. The highest BCUT2D eigenvalue weighted by molar-refractivity contribution is 5.70. The zero-order chi connectivity index (χ0) is 14.4. The van der Waals surface area contributed by atoms with Crippen molar-refractivity contribution in [2.45, 2.75) is 18.6 Å². The van der Waals surface area contributed by atoms with Gasteiger partial charge in [0.1, 0.15) is 0 Å². The molecule has 21 heavy (non-hydrogen) atoms. The number of H-pyrrole nitrogens is 1. The lowest BCUT2D eigenvalue weighted by Gasteiger charge is -2.15. The van der Waals surface area contributed by atoms with E-state index >= 15 is 0 Å². The summed E-state index contributed by atoms with van der Waals surface area (Å²) in [4.78, 5) is 22.2. The Hall–Kier alpha value is -2.23. The zero-order valence-corrected chi connectivity index (χ0v) is 11.2. The first-order valence-electron chi connectivity index (χ1n) is 6.23. The van der Waals surface area contributed by atoms with Gasteiger partial charge >= 0.3 is 0 Å². The molecule has 1 aliphatic carbocycles. The molecule has 0 bridgehead atoms. The van der Waals surface area contributed by atoms with E-state index in [1.54, 1.807) is 4.57 Å². The van der Waals surface area contributed by atoms with Crippen LogP contribution in [0.5, 0.6) is 0 Å². The average molecular weight is 295 g/mol. The molecule has 0 aliphatic heterocycles. The van der Waals surface area contributed by atoms with Crippen LogP contribution in [-0.2, 0) is 0 Å². The number of aromatic nitrogens is 4. The molecule has 0 saturated heterocycles. The molecular weight excluding hydrogens is 278 g/mol. The van der Waals surface area contributed by atoms with Crippen molar-refractivity contribution in [2.75, 3.05) is 12.3 Å². The minimum atomic E-state index is -0.672. The third kappa shape index (κ3) is 2.20. The van der Waals surface area contributed by atoms with Crippen LogP contribution >= 0.6 is 0 Å². The minimum absolute atomic E-state index is 0. The van der Waals surface area contributed by atoms with Crippen LogP contribution in [0.4, 0.5) is 5.95 Å². The van der Waals surface area contributed by atoms with Crippen LogP contribution in [0.2, 0.25) is 0 Å². The first-order chi connectivity index (χ1) is 9.52. The van der Waals surface area contributed by atoms with Gasteiger partial charge in [0.05, 0.1) is 25.1 Å². The summed E-state index contributed by atoms with van der Waals surface area (Å²) in [6, 6.07) is -0.263. The van der Waals surface area contributed by atoms with Crippen molar-refractivity contribution in [3.63, 3.8) is 0 Å². The lowest BCUT2D eigenvalue weighted by Crippen LogP contribution is -2.17. The lowest BCUT2D eigenvalue weighted by atomic mass is 10.0. The fraction of sp³-hybridized carbons (Fsp3) is 0.417. The number of nitrogens with zero attached hydrogens (tertiary/aromatic N) is 3. The largest absolute Gasteiger partial charge is 0.412 e. The van der Waals surface area contributed by atoms with Crippen molar-refractivity contribution < 1.29 is 15.7 Å². The molecule has 2 aromatic rings. The van der Waals surface area contributed by atoms with Crippen LogP contribution in [0.15, 0.2) is 23.3 Å². The first-order valence-corrected chi connectivity index (χ1v) is 6.23. The molecule has 3 atom stereocenters. The molecule has 0 spiro atoms. The Morgan fingerprint density at radius 1 is 1.57 bits per heavy atom. The van der Waals surface area contributed by atoms with E-state index in [-0.39, 0.29) is 35.5 Å². The number of imidazole rings is 1. The highest BCUT2D eigenvalue weighted by atomic mass is 16.3. The number of hydrogen-bond acceptors (Lipinski definition) is 6. The number of rotatable bonds is 2. The Morgan fingerprint density at radius 3 is 2.90 bits per heavy atom. The van der Waals surface area contributed by atoms with E-state index in [9.17, 15) is 15.0 Å². The zero-order valence-electron chi connectivity index (χ0n) is 11.2. The molecule has 2 heterocycles. The van der Waals surface area contributed by atoms with E-state index in [1.807, 2.05) is 0 Å². The highest BCUT2D eigenvalue weighted by Crippen LogP contribution is 2.39. The van der Waals surface area contributed by atoms with Gasteiger partial charge in [-0.3, -0.25) is 9.78 Å². The number of aliphatic hydroxyl groups is 2. The van der Waals surface area contributed by atoms with Crippen LogP contribution in [0.1, 0.15) is 12.5 Å². The minimum Gasteiger partial charge on any atom is -0.412 e. The highest BCUT2D eigenvalue weighted by Gasteiger charge is 2.37. The summed E-state index contributed by atoms with van der Waals surface area (Å²) >= 11 is 0. The summed E-state index contributed by atoms with van der Waals surface area (Å²) in [6.07, 6.45) is 1.20. The van der Waals surface area contributed by atoms with Crippen LogP contribution < -0.4 is 11.3 Å². The number of anilines is 1. The molecule has 3 unspecified atom stereocenters. The van der Waals surface area contributed by atoms with E-state index in [0.717, 1.165) is 0 Å². The van der Waals surface area contributed by atoms with Crippen LogP contribution in [0, 0.1) is 5.92 Å². The van der Waals surface area contributed by atoms with Crippen molar-refractivity contribution in [3.8, 4) is 0 Å². The number of nitrogen functional groups attached to an aromatic ring is 1. The van der Waals surface area contributed by atoms with Crippen molar-refractivity contribution in [3.05, 3.63) is 28.8 Å². The monoisotopic (exact) mass is 295 g/mol. The summed E-state index contributed by atoms with van der Waals surface area (Å²) in [7, 11) is 0. The van der Waals surface area contributed by atoms with E-state index in [2.05, 4.69) is 21.5 Å². The molecule has 0 radical (unpaired) electrons. The van der Waals surface area contributed by atoms with Crippen LogP contribution in [-0.4, -0.2) is 47.9 Å². The molecule has 1 aliphatic rings. The van der Waals surface area contributed by atoms with Gasteiger partial charge in [-0.2, -0.15) is 4.98 Å². The Labute approximate surface area is 119 Å². The van der Waals surface area contributed by atoms with Crippen molar-refractivity contribution >= 4 is 17.1 Å². The predicted molar refractivity (Wildman–Crippen MR) is 75.6 cm³/mol. The first kappa shape index (κ1) is 15.2. The Kier molecular flexibility index (Phi) is 3.81. The number of nitrogens with two attached hydrogens (primary N) is 1. The van der Waals surface area contributed by atoms with Crippen molar-refractivity contribution in [2.24, 2.45) is 5.92 Å². The molecule has 2 aromatic heterocycles. The fourth-order valence-electron chi connectivity index (χ4n) is 2.74. The Balaban J connectivity index is 0.00000161. The van der Waals surface area contributed by atoms with Gasteiger partial charge in [-0.05, 0) is 12.0 Å². The van der Waals surface area contributed by atoms with E-state index in [0.29, 0.717) is 17.6 Å². The smallest absolute Gasteiger partial charge is 0.280 e. The van der Waals surface area contributed by atoms with Crippen LogP contribution in [0.25, 0.3) is 11.2 Å². The molecule has 7 N–H and O–H groups in total. The third-order valence-electron chi connectivity index (χ3n) is 3.82. The maximum absolute atomic E-state index is 11.7. The topological polar surface area (TPSA) is 162 Å². The van der Waals surface area contributed by atoms with Gasteiger partial charge in [-0.25, -0.2) is 4.98 Å². The third-order valence-corrected chi connectivity index (χ3v) is 3.82. The predicted octanol–water partition coefficient (Wildman–Crippen LogP) is -1.65. The molecule has 1 fully saturated rings. The number of hydrogen-bond donors (Lipinski definition) is 4. The van der Waals surface area contributed by atoms with Gasteiger partial charge in [-0.15, -0.1) is 0 Å². The SMILES string of the molecule is C=C1C(CO)C(O)CC1n1cnc2c(=O)[nH]c(N)nc21.O. The summed E-state index contributed by atoms with van der Waals surface area (Å²) in [5.74, 6) is -0.371. The van der Waals surface area contributed by atoms with Crippen LogP contribution in [0.3, 0.4) is 0 Å². The molecular formula is C12H17N5O4. The molecule has 9 heteroatoms. The van der Waals surface area contributed by atoms with Gasteiger partial charge in [-0.1, -0.05) is 6.58 Å². The molecule has 9 nitrogen and oxygen atoms in total. The average Bonchev–Trinajstić information content (AvgIpc) is 2.91.